The van der Waals surface area contributed by atoms with E-state index in [1.165, 1.54) is 14.2 Å². The minimum absolute atomic E-state index is 0.309. The van der Waals surface area contributed by atoms with E-state index in [9.17, 15) is 4.79 Å². The number of ether oxygens (including phenoxy) is 3. The van der Waals surface area contributed by atoms with Gasteiger partial charge in [-0.25, -0.2) is 0 Å². The average Bonchev–Trinajstić information content (AvgIpc) is 3.36. The highest BCUT2D eigenvalue weighted by atomic mass is 16.5. The predicted octanol–water partition coefficient (Wildman–Crippen LogP) is 2.74. The van der Waals surface area contributed by atoms with Crippen molar-refractivity contribution in [2.45, 2.75) is 13.0 Å². The molecule has 1 aliphatic rings. The molecule has 1 atom stereocenters. The second kappa shape index (κ2) is 7.85. The number of nitrogens with zero attached hydrogens (tertiary/aromatic N) is 3. The molecule has 0 bridgehead atoms. The molecule has 0 saturated carbocycles. The molecule has 1 saturated heterocycles. The maximum Gasteiger partial charge on any atom is 0.260 e. The maximum atomic E-state index is 12.8. The summed E-state index contributed by atoms with van der Waals surface area (Å²) >= 11 is 0. The van der Waals surface area contributed by atoms with Gasteiger partial charge in [-0.2, -0.15) is 10.1 Å². The number of pyridine rings is 1. The Balaban J connectivity index is 1.60. The number of hydrogen-bond donors (Lipinski definition) is 1. The Morgan fingerprint density at radius 2 is 2.21 bits per heavy atom. The number of amides is 1. The number of anilines is 1. The van der Waals surface area contributed by atoms with Crippen molar-refractivity contribution in [2.75, 3.05) is 32.8 Å². The van der Waals surface area contributed by atoms with Crippen LogP contribution in [0.5, 0.6) is 11.6 Å². The second-order valence-corrected chi connectivity index (χ2v) is 6.71. The number of methoxy groups -OCH3 is 2. The first-order valence-electron chi connectivity index (χ1n) is 9.11. The highest BCUT2D eigenvalue weighted by Crippen LogP contribution is 2.27. The largest absolute Gasteiger partial charge is 0.496 e. The molecule has 0 aliphatic carbocycles. The van der Waals surface area contributed by atoms with E-state index in [0.29, 0.717) is 28.9 Å². The standard InChI is InChI=1S/C20H22N4O4/c1-26-17-9-16-14(11-24(23-16)10-13-6-7-28-12-13)8-15(17)20(25)22-18-4-3-5-19(21-18)27-2/h3-5,8-9,11,13H,6-7,10,12H2,1-2H3,(H,21,22,25)/t13-/m0/s1. The van der Waals surface area contributed by atoms with Crippen molar-refractivity contribution in [2.24, 2.45) is 5.92 Å². The first-order chi connectivity index (χ1) is 13.7. The predicted molar refractivity (Wildman–Crippen MR) is 104 cm³/mol. The Hall–Kier alpha value is -3.13. The fourth-order valence-electron chi connectivity index (χ4n) is 3.32. The van der Waals surface area contributed by atoms with Gasteiger partial charge in [0.25, 0.3) is 5.91 Å². The second-order valence-electron chi connectivity index (χ2n) is 6.71. The first kappa shape index (κ1) is 18.2. The van der Waals surface area contributed by atoms with Crippen molar-refractivity contribution < 1.29 is 19.0 Å². The van der Waals surface area contributed by atoms with Gasteiger partial charge in [0.15, 0.2) is 0 Å². The van der Waals surface area contributed by atoms with Crippen molar-refractivity contribution >= 4 is 22.6 Å². The van der Waals surface area contributed by atoms with Gasteiger partial charge in [-0.1, -0.05) is 6.07 Å². The third-order valence-electron chi connectivity index (χ3n) is 4.76. The fraction of sp³-hybridized carbons (Fsp3) is 0.350. The van der Waals surface area contributed by atoms with E-state index in [2.05, 4.69) is 15.4 Å². The average molecular weight is 382 g/mol. The van der Waals surface area contributed by atoms with E-state index >= 15 is 0 Å². The first-order valence-corrected chi connectivity index (χ1v) is 9.11. The van der Waals surface area contributed by atoms with Crippen LogP contribution in [0.3, 0.4) is 0 Å². The van der Waals surface area contributed by atoms with Crippen LogP contribution in [0.4, 0.5) is 5.82 Å². The molecular formula is C20H22N4O4. The quantitative estimate of drug-likeness (QED) is 0.705. The van der Waals surface area contributed by atoms with E-state index in [1.54, 1.807) is 30.3 Å². The lowest BCUT2D eigenvalue weighted by molar-refractivity contribution is 0.102. The normalized spacial score (nSPS) is 16.3. The van der Waals surface area contributed by atoms with E-state index in [4.69, 9.17) is 14.2 Å². The summed E-state index contributed by atoms with van der Waals surface area (Å²) in [5.41, 5.74) is 1.20. The van der Waals surface area contributed by atoms with Gasteiger partial charge < -0.3 is 19.5 Å². The smallest absolute Gasteiger partial charge is 0.260 e. The van der Waals surface area contributed by atoms with Crippen LogP contribution in [0.25, 0.3) is 10.9 Å². The Morgan fingerprint density at radius 3 is 2.96 bits per heavy atom. The summed E-state index contributed by atoms with van der Waals surface area (Å²) < 4.78 is 17.9. The van der Waals surface area contributed by atoms with Gasteiger partial charge in [0.1, 0.15) is 11.6 Å². The molecule has 1 fully saturated rings. The van der Waals surface area contributed by atoms with E-state index < -0.39 is 0 Å². The monoisotopic (exact) mass is 382 g/mol. The molecule has 1 aliphatic heterocycles. The zero-order valence-electron chi connectivity index (χ0n) is 15.8. The molecule has 1 N–H and O–H groups in total. The van der Waals surface area contributed by atoms with Crippen LogP contribution in [0.1, 0.15) is 16.8 Å². The summed E-state index contributed by atoms with van der Waals surface area (Å²) in [5.74, 6) is 1.46. The number of nitrogens with one attached hydrogen (secondary N) is 1. The molecule has 3 heterocycles. The van der Waals surface area contributed by atoms with Crippen molar-refractivity contribution in [3.63, 3.8) is 0 Å². The van der Waals surface area contributed by atoms with E-state index in [-0.39, 0.29) is 5.91 Å². The van der Waals surface area contributed by atoms with Crippen LogP contribution in [0, 0.1) is 5.92 Å². The summed E-state index contributed by atoms with van der Waals surface area (Å²) in [6, 6.07) is 8.75. The topological polar surface area (TPSA) is 87.5 Å². The molecule has 1 aromatic carbocycles. The molecule has 0 unspecified atom stereocenters. The van der Waals surface area contributed by atoms with Gasteiger partial charge in [-0.15, -0.1) is 0 Å². The lowest BCUT2D eigenvalue weighted by Gasteiger charge is -2.09. The zero-order chi connectivity index (χ0) is 19.5. The molecule has 3 aromatic rings. The molecule has 2 aromatic heterocycles. The van der Waals surface area contributed by atoms with Crippen LogP contribution >= 0.6 is 0 Å². The highest BCUT2D eigenvalue weighted by Gasteiger charge is 2.19. The van der Waals surface area contributed by atoms with Crippen LogP contribution in [-0.4, -0.2) is 48.1 Å². The summed E-state index contributed by atoms with van der Waals surface area (Å²) in [7, 11) is 3.06. The van der Waals surface area contributed by atoms with Crippen LogP contribution in [0.2, 0.25) is 0 Å². The molecule has 28 heavy (non-hydrogen) atoms. The number of aromatic nitrogens is 3. The maximum absolute atomic E-state index is 12.8. The number of carbonyl (C=O) groups is 1. The molecule has 8 heteroatoms. The third kappa shape index (κ3) is 3.77. The number of fused-ring (bicyclic) bond motifs is 1. The lowest BCUT2D eigenvalue weighted by Crippen LogP contribution is -2.14. The molecule has 0 spiro atoms. The number of rotatable bonds is 6. The highest BCUT2D eigenvalue weighted by molar-refractivity contribution is 6.08. The lowest BCUT2D eigenvalue weighted by atomic mass is 10.1. The van der Waals surface area contributed by atoms with Crippen molar-refractivity contribution in [1.29, 1.82) is 0 Å². The summed E-state index contributed by atoms with van der Waals surface area (Å²) in [5, 5.41) is 8.27. The molecule has 8 nitrogen and oxygen atoms in total. The van der Waals surface area contributed by atoms with Gasteiger partial charge in [0, 0.05) is 42.8 Å². The van der Waals surface area contributed by atoms with Gasteiger partial charge in [-0.3, -0.25) is 9.48 Å². The molecular weight excluding hydrogens is 360 g/mol. The SMILES string of the molecule is COc1cccc(NC(=O)c2cc3cn(C[C@@H]4CCOC4)nc3cc2OC)n1. The molecule has 1 amide bonds. The van der Waals surface area contributed by atoms with Gasteiger partial charge in [-0.05, 0) is 18.6 Å². The summed E-state index contributed by atoms with van der Waals surface area (Å²) in [6.07, 6.45) is 2.99. The van der Waals surface area contributed by atoms with Crippen molar-refractivity contribution in [1.82, 2.24) is 14.8 Å². The number of benzene rings is 1. The molecule has 4 rings (SSSR count). The number of hydrogen-bond acceptors (Lipinski definition) is 6. The van der Waals surface area contributed by atoms with Gasteiger partial charge >= 0.3 is 0 Å². The Bertz CT molecular complexity index is 995. The van der Waals surface area contributed by atoms with E-state index in [1.807, 2.05) is 10.9 Å². The summed E-state index contributed by atoms with van der Waals surface area (Å²) in [6.45, 7) is 2.37. The van der Waals surface area contributed by atoms with E-state index in [0.717, 1.165) is 37.1 Å². The van der Waals surface area contributed by atoms with Gasteiger partial charge in [0.05, 0.1) is 31.9 Å². The minimum atomic E-state index is -0.309. The third-order valence-corrected chi connectivity index (χ3v) is 4.76. The van der Waals surface area contributed by atoms with Crippen molar-refractivity contribution in [3.8, 4) is 11.6 Å². The Labute approximate surface area is 162 Å². The van der Waals surface area contributed by atoms with Crippen LogP contribution in [0.15, 0.2) is 36.5 Å². The number of carbonyl (C=O) groups excluding carboxylic acids is 1. The summed E-state index contributed by atoms with van der Waals surface area (Å²) in [4.78, 5) is 17.0. The van der Waals surface area contributed by atoms with Crippen LogP contribution in [-0.2, 0) is 11.3 Å². The van der Waals surface area contributed by atoms with Crippen molar-refractivity contribution in [3.05, 3.63) is 42.1 Å². The van der Waals surface area contributed by atoms with Gasteiger partial charge in [0.2, 0.25) is 5.88 Å². The molecule has 146 valence electrons. The Morgan fingerprint density at radius 1 is 1.32 bits per heavy atom. The van der Waals surface area contributed by atoms with Crippen LogP contribution < -0.4 is 14.8 Å². The Kier molecular flexibility index (Phi) is 5.12. The fourth-order valence-corrected chi connectivity index (χ4v) is 3.32. The zero-order valence-corrected chi connectivity index (χ0v) is 15.8. The molecule has 0 radical (unpaired) electrons. The minimum Gasteiger partial charge on any atom is -0.496 e.